The quantitative estimate of drug-likeness (QED) is 0.872. The normalized spacial score (nSPS) is 10.1. The average molecular weight is 322 g/mol. The van der Waals surface area contributed by atoms with Crippen LogP contribution in [0.25, 0.3) is 0 Å². The molecule has 0 saturated carbocycles. The van der Waals surface area contributed by atoms with Crippen LogP contribution in [0.4, 0.5) is 10.1 Å². The Morgan fingerprint density at radius 3 is 2.45 bits per heavy atom. The van der Waals surface area contributed by atoms with Crippen LogP contribution in [-0.4, -0.2) is 11.9 Å². The maximum Gasteiger partial charge on any atom is 0.338 e. The number of nitrogens with one attached hydrogen (secondary N) is 1. The second-order valence-electron chi connectivity index (χ2n) is 4.53. The number of halogens is 2. The molecule has 0 aliphatic heterocycles. The van der Waals surface area contributed by atoms with Gasteiger partial charge in [-0.15, -0.1) is 0 Å². The number of anilines is 1. The Balaban J connectivity index is 2.02. The van der Waals surface area contributed by atoms with E-state index < -0.39 is 11.8 Å². The minimum absolute atomic E-state index is 0.132. The fraction of sp³-hybridized carbons (Fsp3) is 0.125. The largest absolute Gasteiger partial charge is 0.457 e. The molecule has 1 amide bonds. The average Bonchev–Trinajstić information content (AvgIpc) is 2.46. The van der Waals surface area contributed by atoms with Crippen molar-refractivity contribution < 1.29 is 18.7 Å². The van der Waals surface area contributed by atoms with Gasteiger partial charge in [-0.05, 0) is 36.4 Å². The maximum atomic E-state index is 13.6. The monoisotopic (exact) mass is 321 g/mol. The van der Waals surface area contributed by atoms with Crippen LogP contribution in [0.1, 0.15) is 22.8 Å². The Hall–Kier alpha value is -2.40. The molecule has 1 N–H and O–H groups in total. The number of carbonyl (C=O) groups excluding carboxylic acids is 2. The molecule has 2 rings (SSSR count). The molecule has 4 nitrogen and oxygen atoms in total. The molecule has 0 aliphatic rings. The summed E-state index contributed by atoms with van der Waals surface area (Å²) in [5, 5.41) is 2.79. The van der Waals surface area contributed by atoms with Crippen LogP contribution in [0.2, 0.25) is 5.02 Å². The summed E-state index contributed by atoms with van der Waals surface area (Å²) in [6.07, 6.45) is 0. The van der Waals surface area contributed by atoms with Gasteiger partial charge in [0.25, 0.3) is 0 Å². The summed E-state index contributed by atoms with van der Waals surface area (Å²) < 4.78 is 18.6. The maximum absolute atomic E-state index is 13.6. The van der Waals surface area contributed by atoms with Gasteiger partial charge in [-0.1, -0.05) is 17.7 Å². The first-order valence-electron chi connectivity index (χ1n) is 6.45. The number of benzene rings is 2. The van der Waals surface area contributed by atoms with Crippen molar-refractivity contribution in [1.82, 2.24) is 0 Å². The van der Waals surface area contributed by atoms with Crippen molar-refractivity contribution in [2.45, 2.75) is 13.5 Å². The lowest BCUT2D eigenvalue weighted by atomic mass is 10.2. The third-order valence-corrected chi connectivity index (χ3v) is 3.20. The van der Waals surface area contributed by atoms with Gasteiger partial charge in [0.15, 0.2) is 0 Å². The highest BCUT2D eigenvalue weighted by atomic mass is 35.5. The number of hydrogen-bond donors (Lipinski definition) is 1. The highest BCUT2D eigenvalue weighted by Crippen LogP contribution is 2.20. The summed E-state index contributed by atoms with van der Waals surface area (Å²) >= 11 is 5.86. The third kappa shape index (κ3) is 4.05. The van der Waals surface area contributed by atoms with E-state index in [1.165, 1.54) is 37.3 Å². The molecule has 2 aromatic rings. The van der Waals surface area contributed by atoms with Crippen LogP contribution in [0.5, 0.6) is 0 Å². The van der Waals surface area contributed by atoms with Crippen LogP contribution in [0.15, 0.2) is 42.5 Å². The second-order valence-corrected chi connectivity index (χ2v) is 4.94. The fourth-order valence-electron chi connectivity index (χ4n) is 1.78. The predicted octanol–water partition coefficient (Wildman–Crippen LogP) is 3.79. The van der Waals surface area contributed by atoms with Crippen LogP contribution >= 0.6 is 11.6 Å². The first kappa shape index (κ1) is 16.0. The predicted molar refractivity (Wildman–Crippen MR) is 81.3 cm³/mol. The number of hydrogen-bond acceptors (Lipinski definition) is 3. The first-order chi connectivity index (χ1) is 10.5. The van der Waals surface area contributed by atoms with Crippen molar-refractivity contribution in [2.75, 3.05) is 5.32 Å². The molecule has 2 aromatic carbocycles. The minimum Gasteiger partial charge on any atom is -0.457 e. The topological polar surface area (TPSA) is 55.4 Å². The van der Waals surface area contributed by atoms with Gasteiger partial charge in [0.1, 0.15) is 12.4 Å². The number of esters is 1. The van der Waals surface area contributed by atoms with Crippen LogP contribution in [0.3, 0.4) is 0 Å². The summed E-state index contributed by atoms with van der Waals surface area (Å²) in [6.45, 7) is 1.14. The van der Waals surface area contributed by atoms with Crippen molar-refractivity contribution in [3.63, 3.8) is 0 Å². The summed E-state index contributed by atoms with van der Waals surface area (Å²) in [4.78, 5) is 22.8. The lowest BCUT2D eigenvalue weighted by molar-refractivity contribution is -0.114. The van der Waals surface area contributed by atoms with Gasteiger partial charge in [-0.25, -0.2) is 9.18 Å². The number of amides is 1. The molecule has 0 heterocycles. The van der Waals surface area contributed by atoms with E-state index in [9.17, 15) is 14.0 Å². The van der Waals surface area contributed by atoms with Crippen molar-refractivity contribution >= 4 is 29.2 Å². The molecule has 0 fully saturated rings. The van der Waals surface area contributed by atoms with E-state index in [1.807, 2.05) is 0 Å². The fourth-order valence-corrected chi connectivity index (χ4v) is 2.00. The lowest BCUT2D eigenvalue weighted by Crippen LogP contribution is -2.08. The zero-order valence-corrected chi connectivity index (χ0v) is 12.5. The molecule has 22 heavy (non-hydrogen) atoms. The van der Waals surface area contributed by atoms with Gasteiger partial charge in [0, 0.05) is 18.2 Å². The number of ether oxygens (including phenoxy) is 1. The van der Waals surface area contributed by atoms with E-state index in [-0.39, 0.29) is 23.1 Å². The molecule has 0 spiro atoms. The highest BCUT2D eigenvalue weighted by molar-refractivity contribution is 6.31. The Kier molecular flexibility index (Phi) is 5.12. The van der Waals surface area contributed by atoms with E-state index in [0.29, 0.717) is 11.3 Å². The summed E-state index contributed by atoms with van der Waals surface area (Å²) in [7, 11) is 0. The zero-order chi connectivity index (χ0) is 16.1. The van der Waals surface area contributed by atoms with Crippen molar-refractivity contribution in [3.05, 3.63) is 64.4 Å². The van der Waals surface area contributed by atoms with Gasteiger partial charge in [0.2, 0.25) is 5.91 Å². The van der Waals surface area contributed by atoms with Crippen molar-refractivity contribution in [2.24, 2.45) is 0 Å². The van der Waals surface area contributed by atoms with E-state index in [4.69, 9.17) is 16.3 Å². The van der Waals surface area contributed by atoms with Crippen molar-refractivity contribution in [1.29, 1.82) is 0 Å². The van der Waals surface area contributed by atoms with Gasteiger partial charge in [-0.3, -0.25) is 4.79 Å². The lowest BCUT2D eigenvalue weighted by Gasteiger charge is -2.08. The van der Waals surface area contributed by atoms with Crippen LogP contribution < -0.4 is 5.32 Å². The summed E-state index contributed by atoms with van der Waals surface area (Å²) in [5.41, 5.74) is 0.996. The molecule has 0 radical (unpaired) electrons. The second kappa shape index (κ2) is 7.04. The van der Waals surface area contributed by atoms with Crippen molar-refractivity contribution in [3.8, 4) is 0 Å². The third-order valence-electron chi connectivity index (χ3n) is 2.85. The van der Waals surface area contributed by atoms with Gasteiger partial charge < -0.3 is 10.1 Å². The Labute approximate surface area is 131 Å². The Bertz CT molecular complexity index is 681. The molecule has 0 aromatic heterocycles. The first-order valence-corrected chi connectivity index (χ1v) is 6.83. The molecular weight excluding hydrogens is 309 g/mol. The standard InChI is InChI=1S/C16H13ClFNO3/c1-10(20)19-12-7-5-11(6-8-12)16(21)22-9-13-14(17)3-2-4-15(13)18/h2-8H,9H2,1H3,(H,19,20). The molecule has 114 valence electrons. The minimum atomic E-state index is -0.603. The molecule has 0 unspecified atom stereocenters. The van der Waals surface area contributed by atoms with Gasteiger partial charge in [-0.2, -0.15) is 0 Å². The molecule has 0 bridgehead atoms. The van der Waals surface area contributed by atoms with Gasteiger partial charge >= 0.3 is 5.97 Å². The molecule has 0 aliphatic carbocycles. The Morgan fingerprint density at radius 2 is 1.86 bits per heavy atom. The van der Waals surface area contributed by atoms with E-state index in [0.717, 1.165) is 0 Å². The van der Waals surface area contributed by atoms with Gasteiger partial charge in [0.05, 0.1) is 10.6 Å². The smallest absolute Gasteiger partial charge is 0.338 e. The van der Waals surface area contributed by atoms with Crippen LogP contribution in [-0.2, 0) is 16.1 Å². The summed E-state index contributed by atoms with van der Waals surface area (Å²) in [6, 6.07) is 10.4. The van der Waals surface area contributed by atoms with E-state index in [2.05, 4.69) is 5.32 Å². The van der Waals surface area contributed by atoms with Crippen LogP contribution in [0, 0.1) is 5.82 Å². The zero-order valence-electron chi connectivity index (χ0n) is 11.7. The summed E-state index contributed by atoms with van der Waals surface area (Å²) in [5.74, 6) is -1.33. The molecular formula is C16H13ClFNO3. The van der Waals surface area contributed by atoms with E-state index in [1.54, 1.807) is 12.1 Å². The number of carbonyl (C=O) groups is 2. The molecule has 6 heteroatoms. The SMILES string of the molecule is CC(=O)Nc1ccc(C(=O)OCc2c(F)cccc2Cl)cc1. The number of rotatable bonds is 4. The highest BCUT2D eigenvalue weighted by Gasteiger charge is 2.12. The van der Waals surface area contributed by atoms with E-state index >= 15 is 0 Å². The molecule has 0 saturated heterocycles. The molecule has 0 atom stereocenters. The Morgan fingerprint density at radius 1 is 1.18 bits per heavy atom.